The van der Waals surface area contributed by atoms with Crippen LogP contribution in [0, 0.1) is 13.8 Å². The number of furan rings is 1. The average molecular weight is 557 g/mol. The molecule has 3 heterocycles. The van der Waals surface area contributed by atoms with E-state index in [1.54, 1.807) is 12.5 Å². The normalized spacial score (nSPS) is 13.2. The van der Waals surface area contributed by atoms with Crippen molar-refractivity contribution in [3.63, 3.8) is 0 Å². The topological polar surface area (TPSA) is 113 Å². The van der Waals surface area contributed by atoms with Crippen molar-refractivity contribution in [3.05, 3.63) is 65.6 Å². The molecule has 3 N–H and O–H groups in total. The number of hydrogen-bond acceptors (Lipinski definition) is 8. The van der Waals surface area contributed by atoms with Crippen LogP contribution in [0.4, 0.5) is 28.8 Å². The second kappa shape index (κ2) is 11.3. The van der Waals surface area contributed by atoms with Gasteiger partial charge in [-0.1, -0.05) is 26.8 Å². The van der Waals surface area contributed by atoms with Crippen LogP contribution in [0.1, 0.15) is 74.9 Å². The summed E-state index contributed by atoms with van der Waals surface area (Å²) in [4.78, 5) is 29.2. The predicted octanol–water partition coefficient (Wildman–Crippen LogP) is 6.59. The first-order valence-electron chi connectivity index (χ1n) is 14.3. The number of rotatable bonds is 10. The second-order valence-corrected chi connectivity index (χ2v) is 11.5. The summed E-state index contributed by atoms with van der Waals surface area (Å²) in [6.07, 6.45) is 7.47. The molecule has 10 heteroatoms. The standard InChI is InChI=1S/C31H40N8O2/c1-8-38(9-2)27-26(20(4)41-28(27)31(5,6)7)29(40)36-22-11-10-19(3)23(16-22)37-30-32-14-15-39(30)25-17-24(33-18-34-25)35-21-12-13-21/h10-11,14-18,21H,8-9,12-13H2,1-7H3,(H,32,37)(H,36,40)(H,33,34,35). The minimum Gasteiger partial charge on any atom is -0.463 e. The molecular formula is C31H40N8O2. The van der Waals surface area contributed by atoms with Crippen LogP contribution >= 0.6 is 0 Å². The fraction of sp³-hybridized carbons (Fsp3) is 0.419. The van der Waals surface area contributed by atoms with Gasteiger partial charge in [0.05, 0.1) is 5.69 Å². The minimum atomic E-state index is -0.248. The molecule has 5 rings (SSSR count). The molecule has 1 amide bonds. The van der Waals surface area contributed by atoms with Crippen molar-refractivity contribution >= 4 is 34.7 Å². The third-order valence-electron chi connectivity index (χ3n) is 7.26. The van der Waals surface area contributed by atoms with E-state index in [2.05, 4.69) is 70.4 Å². The van der Waals surface area contributed by atoms with E-state index < -0.39 is 0 Å². The number of benzene rings is 1. The fourth-order valence-corrected chi connectivity index (χ4v) is 4.87. The summed E-state index contributed by atoms with van der Waals surface area (Å²) in [7, 11) is 0. The van der Waals surface area contributed by atoms with Crippen molar-refractivity contribution < 1.29 is 9.21 Å². The van der Waals surface area contributed by atoms with Crippen molar-refractivity contribution in [3.8, 4) is 5.82 Å². The molecule has 0 saturated heterocycles. The first kappa shape index (κ1) is 28.2. The maximum Gasteiger partial charge on any atom is 0.261 e. The number of amides is 1. The Balaban J connectivity index is 1.41. The lowest BCUT2D eigenvalue weighted by Gasteiger charge is -2.26. The molecule has 4 aromatic rings. The summed E-state index contributed by atoms with van der Waals surface area (Å²) >= 11 is 0. The van der Waals surface area contributed by atoms with Gasteiger partial charge in [-0.3, -0.25) is 9.36 Å². The van der Waals surface area contributed by atoms with E-state index in [4.69, 9.17) is 4.42 Å². The van der Waals surface area contributed by atoms with E-state index in [0.717, 1.165) is 54.4 Å². The van der Waals surface area contributed by atoms with Gasteiger partial charge < -0.3 is 25.3 Å². The molecule has 1 aliphatic rings. The van der Waals surface area contributed by atoms with E-state index in [-0.39, 0.29) is 11.3 Å². The van der Waals surface area contributed by atoms with Crippen LogP contribution in [0.3, 0.4) is 0 Å². The third kappa shape index (κ3) is 6.06. The number of anilines is 5. The zero-order valence-electron chi connectivity index (χ0n) is 25.0. The summed E-state index contributed by atoms with van der Waals surface area (Å²) < 4.78 is 8.09. The lowest BCUT2D eigenvalue weighted by atomic mass is 9.91. The summed E-state index contributed by atoms with van der Waals surface area (Å²) in [5.74, 6) is 3.35. The molecule has 0 bridgehead atoms. The smallest absolute Gasteiger partial charge is 0.261 e. The monoisotopic (exact) mass is 556 g/mol. The van der Waals surface area contributed by atoms with Gasteiger partial charge in [0.2, 0.25) is 5.95 Å². The molecular weight excluding hydrogens is 516 g/mol. The summed E-state index contributed by atoms with van der Waals surface area (Å²) in [5, 5.41) is 9.94. The largest absolute Gasteiger partial charge is 0.463 e. The average Bonchev–Trinajstić information content (AvgIpc) is 3.49. The van der Waals surface area contributed by atoms with Crippen LogP contribution in [0.15, 0.2) is 47.4 Å². The van der Waals surface area contributed by atoms with E-state index in [0.29, 0.717) is 34.8 Å². The van der Waals surface area contributed by atoms with E-state index in [9.17, 15) is 4.79 Å². The fourth-order valence-electron chi connectivity index (χ4n) is 4.87. The van der Waals surface area contributed by atoms with Gasteiger partial charge in [0.1, 0.15) is 35.0 Å². The van der Waals surface area contributed by atoms with Crippen molar-refractivity contribution in [2.45, 2.75) is 72.8 Å². The molecule has 0 aliphatic heterocycles. The molecule has 1 aliphatic carbocycles. The lowest BCUT2D eigenvalue weighted by molar-refractivity contribution is 0.102. The zero-order chi connectivity index (χ0) is 29.3. The van der Waals surface area contributed by atoms with Crippen molar-refractivity contribution in [2.75, 3.05) is 33.9 Å². The maximum absolute atomic E-state index is 13.7. The minimum absolute atomic E-state index is 0.198. The second-order valence-electron chi connectivity index (χ2n) is 11.5. The summed E-state index contributed by atoms with van der Waals surface area (Å²) in [5.41, 5.74) is 3.69. The van der Waals surface area contributed by atoms with Gasteiger partial charge in [0.15, 0.2) is 0 Å². The maximum atomic E-state index is 13.7. The van der Waals surface area contributed by atoms with Crippen molar-refractivity contribution in [1.29, 1.82) is 0 Å². The van der Waals surface area contributed by atoms with Crippen LogP contribution in [-0.4, -0.2) is 44.6 Å². The number of aromatic nitrogens is 4. The van der Waals surface area contributed by atoms with Gasteiger partial charge in [0.25, 0.3) is 5.91 Å². The first-order chi connectivity index (χ1) is 19.6. The van der Waals surface area contributed by atoms with Crippen LogP contribution in [0.2, 0.25) is 0 Å². The quantitative estimate of drug-likeness (QED) is 0.201. The SMILES string of the molecule is CCN(CC)c1c(C(C)(C)C)oc(C)c1C(=O)Nc1ccc(C)c(Nc2nccn2-c2cc(NC3CC3)ncn2)c1. The molecule has 41 heavy (non-hydrogen) atoms. The lowest BCUT2D eigenvalue weighted by Crippen LogP contribution is -2.28. The molecule has 0 spiro atoms. The molecule has 3 aromatic heterocycles. The highest BCUT2D eigenvalue weighted by molar-refractivity contribution is 6.09. The van der Waals surface area contributed by atoms with Gasteiger partial charge >= 0.3 is 0 Å². The molecule has 1 saturated carbocycles. The van der Waals surface area contributed by atoms with Gasteiger partial charge in [0, 0.05) is 54.4 Å². The van der Waals surface area contributed by atoms with E-state index in [1.165, 1.54) is 0 Å². The van der Waals surface area contributed by atoms with Crippen LogP contribution < -0.4 is 20.9 Å². The van der Waals surface area contributed by atoms with Crippen LogP contribution in [0.5, 0.6) is 0 Å². The molecule has 0 unspecified atom stereocenters. The van der Waals surface area contributed by atoms with Gasteiger partial charge in [-0.15, -0.1) is 0 Å². The highest BCUT2D eigenvalue weighted by Gasteiger charge is 2.32. The Morgan fingerprint density at radius 3 is 2.54 bits per heavy atom. The molecule has 216 valence electrons. The van der Waals surface area contributed by atoms with Gasteiger partial charge in [-0.2, -0.15) is 0 Å². The first-order valence-corrected chi connectivity index (χ1v) is 14.3. The highest BCUT2D eigenvalue weighted by Crippen LogP contribution is 2.39. The number of nitrogens with zero attached hydrogens (tertiary/aromatic N) is 5. The van der Waals surface area contributed by atoms with Gasteiger partial charge in [-0.05, 0) is 58.2 Å². The Labute approximate surface area is 241 Å². The number of imidazole rings is 1. The number of aryl methyl sites for hydroxylation is 2. The van der Waals surface area contributed by atoms with E-state index >= 15 is 0 Å². The summed E-state index contributed by atoms with van der Waals surface area (Å²) in [6.45, 7) is 15.9. The number of carbonyl (C=O) groups is 1. The number of hydrogen-bond donors (Lipinski definition) is 3. The van der Waals surface area contributed by atoms with Crippen LogP contribution in [0.25, 0.3) is 5.82 Å². The third-order valence-corrected chi connectivity index (χ3v) is 7.26. The molecule has 10 nitrogen and oxygen atoms in total. The molecule has 1 fully saturated rings. The van der Waals surface area contributed by atoms with Crippen molar-refractivity contribution in [1.82, 2.24) is 19.5 Å². The Bertz CT molecular complexity index is 1540. The van der Waals surface area contributed by atoms with E-state index in [1.807, 2.05) is 48.9 Å². The highest BCUT2D eigenvalue weighted by atomic mass is 16.3. The Morgan fingerprint density at radius 1 is 1.10 bits per heavy atom. The number of carbonyl (C=O) groups excluding carboxylic acids is 1. The molecule has 0 radical (unpaired) electrons. The Kier molecular flexibility index (Phi) is 7.75. The molecule has 0 atom stereocenters. The van der Waals surface area contributed by atoms with Crippen LogP contribution in [-0.2, 0) is 5.41 Å². The Hall–Kier alpha value is -4.34. The number of nitrogens with one attached hydrogen (secondary N) is 3. The van der Waals surface area contributed by atoms with Gasteiger partial charge in [-0.25, -0.2) is 15.0 Å². The molecule has 1 aromatic carbocycles. The Morgan fingerprint density at radius 2 is 1.85 bits per heavy atom. The summed E-state index contributed by atoms with van der Waals surface area (Å²) in [6, 6.07) is 8.21. The van der Waals surface area contributed by atoms with Crippen molar-refractivity contribution in [2.24, 2.45) is 0 Å². The zero-order valence-corrected chi connectivity index (χ0v) is 25.0. The predicted molar refractivity (Wildman–Crippen MR) is 164 cm³/mol.